The lowest BCUT2D eigenvalue weighted by molar-refractivity contribution is -0.120. The average molecular weight is 357 g/mol. The van der Waals surface area contributed by atoms with Crippen LogP contribution in [0.2, 0.25) is 0 Å². The molecule has 1 unspecified atom stereocenters. The zero-order valence-corrected chi connectivity index (χ0v) is 16.2. The lowest BCUT2D eigenvalue weighted by Gasteiger charge is -2.29. The third kappa shape index (κ3) is 4.40. The fraction of sp³-hybridized carbons (Fsp3) is 0.591. The molecule has 1 amide bonds. The molecule has 1 spiro atoms. The van der Waals surface area contributed by atoms with Crippen LogP contribution in [-0.4, -0.2) is 24.2 Å². The van der Waals surface area contributed by atoms with Crippen LogP contribution in [0.1, 0.15) is 57.9 Å². The van der Waals surface area contributed by atoms with Crippen molar-refractivity contribution in [2.75, 3.05) is 7.11 Å². The van der Waals surface area contributed by atoms with Crippen molar-refractivity contribution in [3.63, 3.8) is 0 Å². The minimum absolute atomic E-state index is 0.0614. The van der Waals surface area contributed by atoms with Crippen LogP contribution in [0.5, 0.6) is 11.5 Å². The van der Waals surface area contributed by atoms with Crippen LogP contribution in [0, 0.1) is 11.3 Å². The van der Waals surface area contributed by atoms with E-state index in [4.69, 9.17) is 4.74 Å². The van der Waals surface area contributed by atoms with E-state index in [1.807, 2.05) is 0 Å². The van der Waals surface area contributed by atoms with E-state index >= 15 is 0 Å². The minimum Gasteiger partial charge on any atom is -0.504 e. The molecule has 2 fully saturated rings. The summed E-state index contributed by atoms with van der Waals surface area (Å²) < 4.78 is 5.11. The maximum atomic E-state index is 12.4. The second-order valence-corrected chi connectivity index (χ2v) is 8.33. The van der Waals surface area contributed by atoms with Gasteiger partial charge in [0.25, 0.3) is 0 Å². The van der Waals surface area contributed by atoms with Gasteiger partial charge in [0, 0.05) is 6.04 Å². The maximum absolute atomic E-state index is 12.4. The first kappa shape index (κ1) is 18.8. The number of phenols is 1. The van der Waals surface area contributed by atoms with E-state index in [2.05, 4.69) is 25.2 Å². The predicted octanol–water partition coefficient (Wildman–Crippen LogP) is 4.36. The Hall–Kier alpha value is -1.97. The van der Waals surface area contributed by atoms with Crippen LogP contribution in [0.3, 0.4) is 0 Å². The highest BCUT2D eigenvalue weighted by molar-refractivity contribution is 5.79. The molecule has 0 radical (unpaired) electrons. The van der Waals surface area contributed by atoms with Gasteiger partial charge in [-0.15, -0.1) is 0 Å². The van der Waals surface area contributed by atoms with Crippen molar-refractivity contribution in [1.29, 1.82) is 0 Å². The molecule has 0 aliphatic heterocycles. The maximum Gasteiger partial charge on any atom is 0.224 e. The van der Waals surface area contributed by atoms with Crippen molar-refractivity contribution >= 4 is 5.91 Å². The lowest BCUT2D eigenvalue weighted by atomic mass is 9.78. The Balaban J connectivity index is 1.46. The predicted molar refractivity (Wildman–Crippen MR) is 103 cm³/mol. The molecule has 1 aromatic carbocycles. The molecule has 0 bridgehead atoms. The first-order valence-corrected chi connectivity index (χ1v) is 9.70. The van der Waals surface area contributed by atoms with Crippen LogP contribution < -0.4 is 10.1 Å². The van der Waals surface area contributed by atoms with Crippen molar-refractivity contribution in [1.82, 2.24) is 5.32 Å². The standard InChI is InChI=1S/C22H31NO3/c1-15(2)4-5-16-8-10-22(11-9-16)14-20(22)23-21(25)13-17-6-7-18(24)19(12-17)26-3/h4,6-7,12,16,20,24H,5,8-11,13-14H2,1-3H3,(H,23,25). The third-order valence-electron chi connectivity index (χ3n) is 6.09. The topological polar surface area (TPSA) is 58.6 Å². The number of ether oxygens (including phenoxy) is 1. The molecule has 0 aromatic heterocycles. The SMILES string of the molecule is COc1cc(CC(=O)NC2CC23CCC(CC=C(C)C)CC3)ccc1O. The van der Waals surface area contributed by atoms with Gasteiger partial charge in [0.2, 0.25) is 5.91 Å². The van der Waals surface area contributed by atoms with E-state index < -0.39 is 0 Å². The van der Waals surface area contributed by atoms with Gasteiger partial charge < -0.3 is 15.2 Å². The van der Waals surface area contributed by atoms with E-state index in [-0.39, 0.29) is 11.7 Å². The second kappa shape index (κ2) is 7.73. The van der Waals surface area contributed by atoms with Gasteiger partial charge in [0.05, 0.1) is 13.5 Å². The third-order valence-corrected chi connectivity index (χ3v) is 6.09. The molecule has 2 N–H and O–H groups in total. The number of nitrogens with one attached hydrogen (secondary N) is 1. The number of carbonyl (C=O) groups excluding carboxylic acids is 1. The average Bonchev–Trinajstić information content (AvgIpc) is 3.27. The second-order valence-electron chi connectivity index (χ2n) is 8.33. The summed E-state index contributed by atoms with van der Waals surface area (Å²) in [6.07, 6.45) is 10.1. The Morgan fingerprint density at radius 3 is 2.73 bits per heavy atom. The van der Waals surface area contributed by atoms with Crippen LogP contribution in [0.25, 0.3) is 0 Å². The molecule has 1 aromatic rings. The molecular weight excluding hydrogens is 326 g/mol. The van der Waals surface area contributed by atoms with Crippen molar-refractivity contribution in [3.05, 3.63) is 35.4 Å². The van der Waals surface area contributed by atoms with Crippen molar-refractivity contribution in [2.45, 2.75) is 64.8 Å². The molecule has 2 saturated carbocycles. The summed E-state index contributed by atoms with van der Waals surface area (Å²) in [5.41, 5.74) is 2.63. The highest BCUT2D eigenvalue weighted by Gasteiger charge is 2.55. The van der Waals surface area contributed by atoms with Gasteiger partial charge >= 0.3 is 0 Å². The highest BCUT2D eigenvalue weighted by atomic mass is 16.5. The number of phenolic OH excluding ortho intramolecular Hbond substituents is 1. The largest absolute Gasteiger partial charge is 0.504 e. The number of aromatic hydroxyl groups is 1. The Morgan fingerprint density at radius 1 is 1.35 bits per heavy atom. The number of carbonyl (C=O) groups is 1. The molecule has 4 nitrogen and oxygen atoms in total. The van der Waals surface area contributed by atoms with Gasteiger partial charge in [-0.2, -0.15) is 0 Å². The smallest absolute Gasteiger partial charge is 0.224 e. The van der Waals surface area contributed by atoms with E-state index in [1.165, 1.54) is 44.8 Å². The van der Waals surface area contributed by atoms with Gasteiger partial charge in [-0.3, -0.25) is 4.79 Å². The number of hydrogen-bond donors (Lipinski definition) is 2. The van der Waals surface area contributed by atoms with Gasteiger partial charge in [-0.05, 0) is 81.4 Å². The van der Waals surface area contributed by atoms with Gasteiger partial charge in [-0.1, -0.05) is 17.7 Å². The number of allylic oxidation sites excluding steroid dienone is 2. The summed E-state index contributed by atoms with van der Waals surface area (Å²) in [5.74, 6) is 1.39. The van der Waals surface area contributed by atoms with Crippen LogP contribution in [-0.2, 0) is 11.2 Å². The molecule has 0 heterocycles. The zero-order chi connectivity index (χ0) is 18.7. The Morgan fingerprint density at radius 2 is 2.08 bits per heavy atom. The first-order valence-electron chi connectivity index (χ1n) is 9.70. The van der Waals surface area contributed by atoms with E-state index in [0.29, 0.717) is 23.6 Å². The summed E-state index contributed by atoms with van der Waals surface area (Å²) in [6.45, 7) is 4.33. The fourth-order valence-corrected chi connectivity index (χ4v) is 4.26. The summed E-state index contributed by atoms with van der Waals surface area (Å²) in [6, 6.07) is 5.42. The van der Waals surface area contributed by atoms with E-state index in [0.717, 1.165) is 17.9 Å². The van der Waals surface area contributed by atoms with Gasteiger partial charge in [0.15, 0.2) is 11.5 Å². The number of benzene rings is 1. The van der Waals surface area contributed by atoms with Gasteiger partial charge in [-0.25, -0.2) is 0 Å². The van der Waals surface area contributed by atoms with E-state index in [9.17, 15) is 9.90 Å². The molecule has 26 heavy (non-hydrogen) atoms. The summed E-state index contributed by atoms with van der Waals surface area (Å²) in [7, 11) is 1.51. The first-order chi connectivity index (χ1) is 12.4. The lowest BCUT2D eigenvalue weighted by Crippen LogP contribution is -2.32. The Labute approximate surface area is 156 Å². The summed E-state index contributed by atoms with van der Waals surface area (Å²) in [5, 5.41) is 12.9. The molecule has 0 saturated heterocycles. The van der Waals surface area contributed by atoms with Crippen molar-refractivity contribution < 1.29 is 14.6 Å². The quantitative estimate of drug-likeness (QED) is 0.744. The molecule has 3 rings (SSSR count). The number of amides is 1. The van der Waals surface area contributed by atoms with E-state index in [1.54, 1.807) is 18.2 Å². The minimum atomic E-state index is 0.0614. The monoisotopic (exact) mass is 357 g/mol. The number of hydrogen-bond acceptors (Lipinski definition) is 3. The molecule has 2 aliphatic carbocycles. The van der Waals surface area contributed by atoms with Gasteiger partial charge in [0.1, 0.15) is 0 Å². The summed E-state index contributed by atoms with van der Waals surface area (Å²) >= 11 is 0. The number of rotatable bonds is 6. The fourth-order valence-electron chi connectivity index (χ4n) is 4.26. The summed E-state index contributed by atoms with van der Waals surface area (Å²) in [4.78, 5) is 12.4. The Kier molecular flexibility index (Phi) is 5.59. The van der Waals surface area contributed by atoms with Crippen LogP contribution in [0.4, 0.5) is 0 Å². The highest BCUT2D eigenvalue weighted by Crippen LogP contribution is 2.57. The normalized spacial score (nSPS) is 27.0. The molecular formula is C22H31NO3. The molecule has 2 aliphatic rings. The molecule has 1 atom stereocenters. The van der Waals surface area contributed by atoms with Crippen molar-refractivity contribution in [2.24, 2.45) is 11.3 Å². The van der Waals surface area contributed by atoms with Crippen LogP contribution in [0.15, 0.2) is 29.8 Å². The Bertz CT molecular complexity index is 683. The zero-order valence-electron chi connectivity index (χ0n) is 16.2. The molecule has 142 valence electrons. The number of methoxy groups -OCH3 is 1. The van der Waals surface area contributed by atoms with Crippen molar-refractivity contribution in [3.8, 4) is 11.5 Å². The van der Waals surface area contributed by atoms with Crippen LogP contribution >= 0.6 is 0 Å². The molecule has 4 heteroatoms.